The van der Waals surface area contributed by atoms with Crippen molar-refractivity contribution in [2.24, 2.45) is 5.73 Å². The van der Waals surface area contributed by atoms with Gasteiger partial charge >= 0.3 is 0 Å². The Morgan fingerprint density at radius 2 is 1.94 bits per heavy atom. The molecule has 0 bridgehead atoms. The minimum atomic E-state index is -0.672. The number of amides is 2. The van der Waals surface area contributed by atoms with Crippen LogP contribution in [-0.4, -0.2) is 40.7 Å². The second-order valence-electron chi connectivity index (χ2n) is 7.74. The van der Waals surface area contributed by atoms with Crippen molar-refractivity contribution >= 4 is 17.5 Å². The lowest BCUT2D eigenvalue weighted by atomic mass is 10.0. The summed E-state index contributed by atoms with van der Waals surface area (Å²) in [6, 6.07) is 15.3. The maximum atomic E-state index is 14.3. The second-order valence-corrected chi connectivity index (χ2v) is 7.74. The van der Waals surface area contributed by atoms with Gasteiger partial charge in [-0.25, -0.2) is 9.07 Å². The topological polar surface area (TPSA) is 93.3 Å². The van der Waals surface area contributed by atoms with E-state index in [4.69, 9.17) is 5.73 Å². The lowest BCUT2D eigenvalue weighted by Gasteiger charge is -2.35. The first kappa shape index (κ1) is 20.6. The van der Waals surface area contributed by atoms with E-state index in [0.29, 0.717) is 17.9 Å². The van der Waals surface area contributed by atoms with E-state index < -0.39 is 11.8 Å². The molecule has 1 atom stereocenters. The number of nitrogens with zero attached hydrogens (tertiary/aromatic N) is 3. The van der Waals surface area contributed by atoms with Gasteiger partial charge in [0, 0.05) is 25.2 Å². The third-order valence-corrected chi connectivity index (χ3v) is 5.39. The van der Waals surface area contributed by atoms with Crippen LogP contribution in [0.3, 0.4) is 0 Å². The molecule has 1 aliphatic rings. The Balaban J connectivity index is 1.52. The highest BCUT2D eigenvalue weighted by Crippen LogP contribution is 2.24. The van der Waals surface area contributed by atoms with Crippen LogP contribution in [0.25, 0.3) is 5.69 Å². The molecule has 1 aromatic heterocycles. The molecular formula is C23H24FN5O2. The van der Waals surface area contributed by atoms with Gasteiger partial charge in [-0.15, -0.1) is 0 Å². The summed E-state index contributed by atoms with van der Waals surface area (Å²) >= 11 is 0. The molecule has 3 N–H and O–H groups in total. The van der Waals surface area contributed by atoms with E-state index in [0.717, 1.165) is 24.9 Å². The van der Waals surface area contributed by atoms with E-state index >= 15 is 0 Å². The van der Waals surface area contributed by atoms with Crippen molar-refractivity contribution in [1.29, 1.82) is 0 Å². The maximum Gasteiger partial charge on any atom is 0.272 e. The zero-order chi connectivity index (χ0) is 22.0. The Morgan fingerprint density at radius 3 is 2.68 bits per heavy atom. The largest absolute Gasteiger partial charge is 0.367 e. The van der Waals surface area contributed by atoms with E-state index in [1.165, 1.54) is 16.8 Å². The summed E-state index contributed by atoms with van der Waals surface area (Å²) in [6.07, 6.45) is 1.60. The molecule has 0 radical (unpaired) electrons. The summed E-state index contributed by atoms with van der Waals surface area (Å²) < 4.78 is 15.7. The standard InChI is InChI=1S/C23H24FN5O2/c1-15-9-10-18(24)20(12-15)28-11-5-6-16(14-28)26-23(31)19-13-21(22(25)30)29(27-19)17-7-3-2-4-8-17/h2-4,7-10,12-13,16H,5-6,11,14H2,1H3,(H2,25,30)(H,26,31). The Hall–Kier alpha value is -3.68. The van der Waals surface area contributed by atoms with Crippen molar-refractivity contribution in [3.8, 4) is 5.69 Å². The first-order valence-corrected chi connectivity index (χ1v) is 10.2. The predicted molar refractivity (Wildman–Crippen MR) is 116 cm³/mol. The molecular weight excluding hydrogens is 397 g/mol. The molecule has 0 spiro atoms. The Morgan fingerprint density at radius 1 is 1.16 bits per heavy atom. The number of halogens is 1. The molecule has 4 rings (SSSR count). The van der Waals surface area contributed by atoms with Crippen molar-refractivity contribution in [2.75, 3.05) is 18.0 Å². The fraction of sp³-hybridized carbons (Fsp3) is 0.261. The summed E-state index contributed by atoms with van der Waals surface area (Å²) in [6.45, 7) is 3.14. The number of benzene rings is 2. The fourth-order valence-electron chi connectivity index (χ4n) is 3.87. The molecule has 31 heavy (non-hydrogen) atoms. The van der Waals surface area contributed by atoms with Gasteiger partial charge < -0.3 is 16.0 Å². The number of hydrogen-bond acceptors (Lipinski definition) is 4. The minimum Gasteiger partial charge on any atom is -0.367 e. The van der Waals surface area contributed by atoms with Crippen LogP contribution >= 0.6 is 0 Å². The van der Waals surface area contributed by atoms with Gasteiger partial charge in [-0.05, 0) is 49.6 Å². The van der Waals surface area contributed by atoms with Gasteiger partial charge in [0.1, 0.15) is 11.5 Å². The van der Waals surface area contributed by atoms with Crippen LogP contribution in [-0.2, 0) is 0 Å². The quantitative estimate of drug-likeness (QED) is 0.663. The SMILES string of the molecule is Cc1ccc(F)c(N2CCCC(NC(=O)c3cc(C(N)=O)n(-c4ccccc4)n3)C2)c1. The Kier molecular flexibility index (Phi) is 5.70. The lowest BCUT2D eigenvalue weighted by Crippen LogP contribution is -2.48. The lowest BCUT2D eigenvalue weighted by molar-refractivity contribution is 0.0927. The second kappa shape index (κ2) is 8.59. The molecule has 2 heterocycles. The van der Waals surface area contributed by atoms with E-state index in [1.54, 1.807) is 18.2 Å². The van der Waals surface area contributed by atoms with Crippen LogP contribution in [0, 0.1) is 12.7 Å². The Labute approximate surface area is 179 Å². The molecule has 7 nitrogen and oxygen atoms in total. The van der Waals surface area contributed by atoms with Crippen LogP contribution in [0.2, 0.25) is 0 Å². The van der Waals surface area contributed by atoms with Crippen molar-refractivity contribution in [2.45, 2.75) is 25.8 Å². The summed E-state index contributed by atoms with van der Waals surface area (Å²) in [5, 5.41) is 7.27. The normalized spacial score (nSPS) is 16.2. The molecule has 1 saturated heterocycles. The number of piperidine rings is 1. The fourth-order valence-corrected chi connectivity index (χ4v) is 3.87. The molecule has 0 saturated carbocycles. The zero-order valence-electron chi connectivity index (χ0n) is 17.2. The maximum absolute atomic E-state index is 14.3. The molecule has 160 valence electrons. The number of carbonyl (C=O) groups excluding carboxylic acids is 2. The third-order valence-electron chi connectivity index (χ3n) is 5.39. The highest BCUT2D eigenvalue weighted by molar-refractivity contribution is 5.97. The number of aryl methyl sites for hydroxylation is 1. The summed E-state index contributed by atoms with van der Waals surface area (Å²) in [4.78, 5) is 26.7. The van der Waals surface area contributed by atoms with Crippen LogP contribution in [0.1, 0.15) is 39.4 Å². The molecule has 0 aliphatic carbocycles. The number of aromatic nitrogens is 2. The van der Waals surface area contributed by atoms with E-state index in [9.17, 15) is 14.0 Å². The predicted octanol–water partition coefficient (Wildman–Crippen LogP) is 2.82. The van der Waals surface area contributed by atoms with Gasteiger partial charge in [0.05, 0.1) is 11.4 Å². The molecule has 8 heteroatoms. The van der Waals surface area contributed by atoms with Crippen molar-refractivity contribution in [3.05, 3.63) is 77.4 Å². The molecule has 1 unspecified atom stereocenters. The van der Waals surface area contributed by atoms with E-state index in [-0.39, 0.29) is 23.2 Å². The van der Waals surface area contributed by atoms with Gasteiger partial charge in [-0.2, -0.15) is 5.10 Å². The van der Waals surface area contributed by atoms with Crippen LogP contribution in [0.15, 0.2) is 54.6 Å². The smallest absolute Gasteiger partial charge is 0.272 e. The zero-order valence-corrected chi connectivity index (χ0v) is 17.2. The average molecular weight is 421 g/mol. The highest BCUT2D eigenvalue weighted by Gasteiger charge is 2.26. The molecule has 3 aromatic rings. The number of hydrogen-bond donors (Lipinski definition) is 2. The van der Waals surface area contributed by atoms with Crippen molar-refractivity contribution < 1.29 is 14.0 Å². The first-order valence-electron chi connectivity index (χ1n) is 10.2. The number of anilines is 1. The number of nitrogens with one attached hydrogen (secondary N) is 1. The van der Waals surface area contributed by atoms with Crippen molar-refractivity contribution in [1.82, 2.24) is 15.1 Å². The van der Waals surface area contributed by atoms with E-state index in [1.807, 2.05) is 36.1 Å². The van der Waals surface area contributed by atoms with Crippen LogP contribution in [0.5, 0.6) is 0 Å². The molecule has 1 fully saturated rings. The highest BCUT2D eigenvalue weighted by atomic mass is 19.1. The number of primary amides is 1. The minimum absolute atomic E-state index is 0.108. The number of carbonyl (C=O) groups is 2. The van der Waals surface area contributed by atoms with Crippen molar-refractivity contribution in [3.63, 3.8) is 0 Å². The summed E-state index contributed by atoms with van der Waals surface area (Å²) in [7, 11) is 0. The molecule has 2 amide bonds. The van der Waals surface area contributed by atoms with Gasteiger partial charge in [-0.3, -0.25) is 9.59 Å². The van der Waals surface area contributed by atoms with Gasteiger partial charge in [0.2, 0.25) is 0 Å². The third kappa shape index (κ3) is 4.42. The van der Waals surface area contributed by atoms with Crippen LogP contribution in [0.4, 0.5) is 10.1 Å². The molecule has 2 aromatic carbocycles. The number of para-hydroxylation sites is 1. The van der Waals surface area contributed by atoms with Gasteiger partial charge in [0.15, 0.2) is 5.69 Å². The first-order chi connectivity index (χ1) is 14.9. The van der Waals surface area contributed by atoms with Gasteiger partial charge in [0.25, 0.3) is 11.8 Å². The van der Waals surface area contributed by atoms with Gasteiger partial charge in [-0.1, -0.05) is 24.3 Å². The average Bonchev–Trinajstić information content (AvgIpc) is 3.22. The number of rotatable bonds is 5. The summed E-state index contributed by atoms with van der Waals surface area (Å²) in [5.41, 5.74) is 7.88. The van der Waals surface area contributed by atoms with Crippen LogP contribution < -0.4 is 16.0 Å². The molecule has 1 aliphatic heterocycles. The number of nitrogens with two attached hydrogens (primary N) is 1. The summed E-state index contributed by atoms with van der Waals surface area (Å²) in [5.74, 6) is -1.34. The Bertz CT molecular complexity index is 1110. The monoisotopic (exact) mass is 421 g/mol. The van der Waals surface area contributed by atoms with E-state index in [2.05, 4.69) is 10.4 Å².